The number of hydrogen-bond acceptors (Lipinski definition) is 1. The third kappa shape index (κ3) is 1.63. The fourth-order valence-electron chi connectivity index (χ4n) is 2.59. The predicted molar refractivity (Wildman–Crippen MR) is 66.6 cm³/mol. The molecule has 0 N–H and O–H groups in total. The summed E-state index contributed by atoms with van der Waals surface area (Å²) in [5.41, 5.74) is 3.90. The summed E-state index contributed by atoms with van der Waals surface area (Å²) in [4.78, 5) is 0. The summed E-state index contributed by atoms with van der Waals surface area (Å²) in [7, 11) is 0. The van der Waals surface area contributed by atoms with Crippen LogP contribution >= 0.6 is 11.8 Å². The number of fused-ring (bicyclic) bond motifs is 1. The molecule has 82 valence electrons. The summed E-state index contributed by atoms with van der Waals surface area (Å²) in [6, 6.07) is 6.44. The third-order valence-electron chi connectivity index (χ3n) is 3.33. The van der Waals surface area contributed by atoms with Crippen LogP contribution in [0.15, 0.2) is 18.2 Å². The van der Waals surface area contributed by atoms with Crippen molar-refractivity contribution in [2.75, 3.05) is 4.42 Å². The summed E-state index contributed by atoms with van der Waals surface area (Å²) in [5.74, 6) is 0.588. The molecule has 0 bridgehead atoms. The third-order valence-corrected chi connectivity index (χ3v) is 3.96. The number of halogens is 1. The van der Waals surface area contributed by atoms with E-state index in [4.69, 9.17) is 11.8 Å². The van der Waals surface area contributed by atoms with E-state index in [-0.39, 0.29) is 5.54 Å². The van der Waals surface area contributed by atoms with Crippen molar-refractivity contribution in [2.24, 2.45) is 0 Å². The number of aryl methyl sites for hydroxylation is 1. The first-order valence-electron chi connectivity index (χ1n) is 5.49. The van der Waals surface area contributed by atoms with Crippen LogP contribution in [0.2, 0.25) is 0 Å². The standard InChI is InChI=1S/C13H18ClN/c1-9-6-5-7-11-10(2)8-13(3,4)15(14)12(9)11/h5-7,10H,8H2,1-4H3. The van der Waals surface area contributed by atoms with Gasteiger partial charge in [0.2, 0.25) is 0 Å². The molecule has 0 aromatic heterocycles. The lowest BCUT2D eigenvalue weighted by Crippen LogP contribution is -2.42. The van der Waals surface area contributed by atoms with Crippen LogP contribution in [-0.4, -0.2) is 5.54 Å². The second-order valence-electron chi connectivity index (χ2n) is 5.21. The molecule has 0 amide bonds. The quantitative estimate of drug-likeness (QED) is 0.595. The molecule has 15 heavy (non-hydrogen) atoms. The molecular formula is C13H18ClN. The minimum Gasteiger partial charge on any atom is -0.279 e. The zero-order chi connectivity index (χ0) is 11.2. The van der Waals surface area contributed by atoms with E-state index in [2.05, 4.69) is 45.9 Å². The molecule has 0 radical (unpaired) electrons. The second-order valence-corrected chi connectivity index (χ2v) is 5.55. The van der Waals surface area contributed by atoms with Crippen molar-refractivity contribution in [3.05, 3.63) is 29.3 Å². The van der Waals surface area contributed by atoms with Crippen LogP contribution in [0, 0.1) is 6.92 Å². The van der Waals surface area contributed by atoms with Crippen molar-refractivity contribution in [1.29, 1.82) is 0 Å². The minimum atomic E-state index is 0.0418. The Bertz CT molecular complexity index is 384. The second kappa shape index (κ2) is 3.41. The van der Waals surface area contributed by atoms with Gasteiger partial charge in [-0.25, -0.2) is 0 Å². The highest BCUT2D eigenvalue weighted by Crippen LogP contribution is 2.45. The SMILES string of the molecule is Cc1cccc2c1N(Cl)C(C)(C)CC2C. The number of para-hydroxylation sites is 1. The van der Waals surface area contributed by atoms with E-state index in [0.717, 1.165) is 6.42 Å². The van der Waals surface area contributed by atoms with Crippen LogP contribution in [0.3, 0.4) is 0 Å². The molecule has 1 heterocycles. The van der Waals surface area contributed by atoms with Crippen molar-refractivity contribution >= 4 is 17.5 Å². The number of rotatable bonds is 0. The van der Waals surface area contributed by atoms with Crippen molar-refractivity contribution in [3.63, 3.8) is 0 Å². The highest BCUT2D eigenvalue weighted by molar-refractivity contribution is 6.27. The lowest BCUT2D eigenvalue weighted by Gasteiger charge is -2.43. The monoisotopic (exact) mass is 223 g/mol. The van der Waals surface area contributed by atoms with E-state index in [1.807, 2.05) is 4.42 Å². The fraction of sp³-hybridized carbons (Fsp3) is 0.538. The summed E-state index contributed by atoms with van der Waals surface area (Å²) in [6.45, 7) is 8.81. The minimum absolute atomic E-state index is 0.0418. The number of anilines is 1. The molecule has 1 nitrogen and oxygen atoms in total. The number of nitrogens with zero attached hydrogens (tertiary/aromatic N) is 1. The first kappa shape index (κ1) is 10.8. The van der Waals surface area contributed by atoms with Gasteiger partial charge in [-0.15, -0.1) is 0 Å². The van der Waals surface area contributed by atoms with Crippen molar-refractivity contribution in [1.82, 2.24) is 0 Å². The molecule has 1 aromatic rings. The maximum absolute atomic E-state index is 6.44. The highest BCUT2D eigenvalue weighted by atomic mass is 35.5. The van der Waals surface area contributed by atoms with Crippen LogP contribution in [0.1, 0.15) is 44.2 Å². The average Bonchev–Trinajstić information content (AvgIpc) is 2.14. The van der Waals surface area contributed by atoms with Crippen LogP contribution in [0.5, 0.6) is 0 Å². The summed E-state index contributed by atoms with van der Waals surface area (Å²) < 4.78 is 1.91. The van der Waals surface area contributed by atoms with E-state index in [1.54, 1.807) is 0 Å². The van der Waals surface area contributed by atoms with Gasteiger partial charge in [-0.3, -0.25) is 4.42 Å². The summed E-state index contributed by atoms with van der Waals surface area (Å²) >= 11 is 6.44. The molecule has 0 fully saturated rings. The first-order chi connectivity index (χ1) is 6.93. The van der Waals surface area contributed by atoms with Gasteiger partial charge in [-0.2, -0.15) is 0 Å². The van der Waals surface area contributed by atoms with Crippen LogP contribution < -0.4 is 4.42 Å². The smallest absolute Gasteiger partial charge is 0.0593 e. The summed E-state index contributed by atoms with van der Waals surface area (Å²) in [6.07, 6.45) is 1.10. The van der Waals surface area contributed by atoms with Crippen molar-refractivity contribution < 1.29 is 0 Å². The summed E-state index contributed by atoms with van der Waals surface area (Å²) in [5, 5.41) is 0. The maximum Gasteiger partial charge on any atom is 0.0593 e. The lowest BCUT2D eigenvalue weighted by atomic mass is 9.81. The van der Waals surface area contributed by atoms with Gasteiger partial charge in [0, 0.05) is 11.8 Å². The van der Waals surface area contributed by atoms with Gasteiger partial charge in [-0.05, 0) is 44.2 Å². The van der Waals surface area contributed by atoms with Gasteiger partial charge in [-0.1, -0.05) is 25.1 Å². The Morgan fingerprint density at radius 2 is 2.07 bits per heavy atom. The molecule has 1 aliphatic rings. The van der Waals surface area contributed by atoms with Gasteiger partial charge in [0.15, 0.2) is 0 Å². The molecule has 1 atom stereocenters. The molecule has 0 saturated carbocycles. The van der Waals surface area contributed by atoms with E-state index < -0.39 is 0 Å². The molecule has 0 saturated heterocycles. The maximum atomic E-state index is 6.44. The molecular weight excluding hydrogens is 206 g/mol. The Balaban J connectivity index is 2.60. The van der Waals surface area contributed by atoms with Gasteiger partial charge in [0.05, 0.1) is 11.2 Å². The van der Waals surface area contributed by atoms with Gasteiger partial charge in [0.1, 0.15) is 0 Å². The lowest BCUT2D eigenvalue weighted by molar-refractivity contribution is 0.422. The Kier molecular flexibility index (Phi) is 2.46. The van der Waals surface area contributed by atoms with Crippen LogP contribution in [0.25, 0.3) is 0 Å². The Morgan fingerprint density at radius 1 is 1.40 bits per heavy atom. The molecule has 2 rings (SSSR count). The zero-order valence-electron chi connectivity index (χ0n) is 9.84. The fourth-order valence-corrected chi connectivity index (χ4v) is 2.89. The number of hydrogen-bond donors (Lipinski definition) is 0. The predicted octanol–water partition coefficient (Wildman–Crippen LogP) is 4.24. The molecule has 0 aliphatic carbocycles. The zero-order valence-corrected chi connectivity index (χ0v) is 10.6. The Hall–Kier alpha value is -0.690. The molecule has 1 unspecified atom stereocenters. The van der Waals surface area contributed by atoms with Gasteiger partial charge < -0.3 is 0 Å². The van der Waals surface area contributed by atoms with Crippen LogP contribution in [-0.2, 0) is 0 Å². The Labute approximate surface area is 97.2 Å². The molecule has 1 aromatic carbocycles. The van der Waals surface area contributed by atoms with Crippen molar-refractivity contribution in [2.45, 2.75) is 45.6 Å². The Morgan fingerprint density at radius 3 is 2.73 bits per heavy atom. The molecule has 2 heteroatoms. The average molecular weight is 224 g/mol. The van der Waals surface area contributed by atoms with E-state index in [0.29, 0.717) is 5.92 Å². The first-order valence-corrected chi connectivity index (χ1v) is 5.83. The normalized spacial score (nSPS) is 23.8. The van der Waals surface area contributed by atoms with Gasteiger partial charge >= 0.3 is 0 Å². The van der Waals surface area contributed by atoms with Crippen molar-refractivity contribution in [3.8, 4) is 0 Å². The van der Waals surface area contributed by atoms with E-state index >= 15 is 0 Å². The topological polar surface area (TPSA) is 3.24 Å². The van der Waals surface area contributed by atoms with E-state index in [1.165, 1.54) is 16.8 Å². The number of benzene rings is 1. The largest absolute Gasteiger partial charge is 0.279 e. The van der Waals surface area contributed by atoms with E-state index in [9.17, 15) is 0 Å². The highest BCUT2D eigenvalue weighted by Gasteiger charge is 2.36. The van der Waals surface area contributed by atoms with Gasteiger partial charge in [0.25, 0.3) is 0 Å². The molecule has 0 spiro atoms. The molecule has 1 aliphatic heterocycles. The van der Waals surface area contributed by atoms with Crippen LogP contribution in [0.4, 0.5) is 5.69 Å².